The highest BCUT2D eigenvalue weighted by Gasteiger charge is 2.09. The van der Waals surface area contributed by atoms with E-state index in [9.17, 15) is 0 Å². The van der Waals surface area contributed by atoms with E-state index in [1.54, 1.807) is 0 Å². The Morgan fingerprint density at radius 2 is 1.50 bits per heavy atom. The fraction of sp³-hybridized carbons (Fsp3) is 0.350. The lowest BCUT2D eigenvalue weighted by molar-refractivity contribution is 0.198. The minimum absolute atomic E-state index is 0.776. The maximum absolute atomic E-state index is 5.86. The number of piperidine rings is 1. The lowest BCUT2D eigenvalue weighted by atomic mass is 10.1. The van der Waals surface area contributed by atoms with Crippen molar-refractivity contribution in [3.05, 3.63) is 72.1 Å². The van der Waals surface area contributed by atoms with Crippen molar-refractivity contribution in [2.45, 2.75) is 19.3 Å². The molecule has 0 N–H and O–H groups in total. The lowest BCUT2D eigenvalue weighted by Crippen LogP contribution is -2.33. The average molecular weight is 294 g/mol. The van der Waals surface area contributed by atoms with E-state index >= 15 is 0 Å². The van der Waals surface area contributed by atoms with E-state index < -0.39 is 0 Å². The van der Waals surface area contributed by atoms with Crippen LogP contribution in [0.1, 0.15) is 24.0 Å². The third kappa shape index (κ3) is 4.60. The van der Waals surface area contributed by atoms with Crippen LogP contribution >= 0.6 is 0 Å². The molecule has 22 heavy (non-hydrogen) atoms. The van der Waals surface area contributed by atoms with Gasteiger partial charge < -0.3 is 4.74 Å². The molecule has 0 unspecified atom stereocenters. The van der Waals surface area contributed by atoms with Crippen molar-refractivity contribution in [1.82, 2.24) is 4.90 Å². The molecule has 1 saturated heterocycles. The summed E-state index contributed by atoms with van der Waals surface area (Å²) >= 11 is 0. The first-order chi connectivity index (χ1) is 10.9. The first-order valence-corrected chi connectivity index (χ1v) is 8.20. The molecule has 0 amide bonds. The summed E-state index contributed by atoms with van der Waals surface area (Å²) in [5.41, 5.74) is 2.67. The number of hydrogen-bond acceptors (Lipinski definition) is 2. The molecule has 0 saturated carbocycles. The molecule has 0 bridgehead atoms. The normalized spacial score (nSPS) is 15.6. The Morgan fingerprint density at radius 3 is 2.23 bits per heavy atom. The van der Waals surface area contributed by atoms with Crippen LogP contribution in [-0.2, 0) is 6.42 Å². The predicted octanol–water partition coefficient (Wildman–Crippen LogP) is 3.96. The highest BCUT2D eigenvalue weighted by Crippen LogP contribution is 2.15. The molecule has 1 heterocycles. The van der Waals surface area contributed by atoms with Gasteiger partial charge in [0.2, 0.25) is 0 Å². The average Bonchev–Trinajstić information content (AvgIpc) is 2.58. The van der Waals surface area contributed by atoms with Crippen molar-refractivity contribution in [2.24, 2.45) is 0 Å². The molecule has 2 nitrogen and oxygen atoms in total. The van der Waals surface area contributed by atoms with Gasteiger partial charge in [0.15, 0.2) is 0 Å². The highest BCUT2D eigenvalue weighted by molar-refractivity contribution is 5.31. The Kier molecular flexibility index (Phi) is 5.49. The van der Waals surface area contributed by atoms with Crippen LogP contribution in [0.5, 0.6) is 5.75 Å². The summed E-state index contributed by atoms with van der Waals surface area (Å²) in [6.07, 6.45) is 5.79. The Hall–Kier alpha value is -1.80. The second-order valence-electron chi connectivity index (χ2n) is 5.86. The molecular weight excluding hydrogens is 270 g/mol. The van der Waals surface area contributed by atoms with Gasteiger partial charge in [-0.15, -0.1) is 0 Å². The van der Waals surface area contributed by atoms with E-state index in [4.69, 9.17) is 4.74 Å². The maximum atomic E-state index is 5.86. The third-order valence-corrected chi connectivity index (χ3v) is 4.15. The zero-order chi connectivity index (χ0) is 15.0. The molecule has 0 aromatic heterocycles. The molecule has 2 aromatic rings. The lowest BCUT2D eigenvalue weighted by Gasteiger charge is -2.26. The molecule has 0 atom stereocenters. The Balaban J connectivity index is 1.45. The second-order valence-corrected chi connectivity index (χ2v) is 5.86. The summed E-state index contributed by atoms with van der Waals surface area (Å²) in [5.74, 6) is 0.973. The molecule has 1 radical (unpaired) electrons. The molecule has 1 aliphatic rings. The number of hydrogen-bond donors (Lipinski definition) is 0. The summed E-state index contributed by atoms with van der Waals surface area (Å²) < 4.78 is 5.86. The van der Waals surface area contributed by atoms with E-state index in [1.807, 2.05) is 0 Å². The van der Waals surface area contributed by atoms with Crippen molar-refractivity contribution < 1.29 is 4.74 Å². The van der Waals surface area contributed by atoms with Crippen molar-refractivity contribution in [3.8, 4) is 5.75 Å². The number of rotatable bonds is 6. The Labute approximate surface area is 133 Å². The van der Waals surface area contributed by atoms with Crippen LogP contribution in [0.15, 0.2) is 54.6 Å². The van der Waals surface area contributed by atoms with Crippen LogP contribution in [0.2, 0.25) is 0 Å². The van der Waals surface area contributed by atoms with E-state index in [0.717, 1.165) is 25.3 Å². The summed E-state index contributed by atoms with van der Waals surface area (Å²) in [6.45, 7) is 4.16. The van der Waals surface area contributed by atoms with Crippen molar-refractivity contribution in [1.29, 1.82) is 0 Å². The summed E-state index contributed by atoms with van der Waals surface area (Å²) in [7, 11) is 0. The third-order valence-electron chi connectivity index (χ3n) is 4.15. The largest absolute Gasteiger partial charge is 0.492 e. The zero-order valence-electron chi connectivity index (χ0n) is 13.1. The molecule has 0 spiro atoms. The van der Waals surface area contributed by atoms with E-state index in [-0.39, 0.29) is 0 Å². The van der Waals surface area contributed by atoms with Gasteiger partial charge in [0.1, 0.15) is 12.4 Å². The van der Waals surface area contributed by atoms with Gasteiger partial charge in [-0.3, -0.25) is 4.90 Å². The van der Waals surface area contributed by atoms with Crippen LogP contribution in [-0.4, -0.2) is 31.1 Å². The van der Waals surface area contributed by atoms with E-state index in [0.29, 0.717) is 0 Å². The van der Waals surface area contributed by atoms with E-state index in [2.05, 4.69) is 65.9 Å². The second kappa shape index (κ2) is 8.00. The smallest absolute Gasteiger partial charge is 0.119 e. The van der Waals surface area contributed by atoms with Gasteiger partial charge in [-0.1, -0.05) is 42.5 Å². The van der Waals surface area contributed by atoms with Gasteiger partial charge in [-0.2, -0.15) is 0 Å². The predicted molar refractivity (Wildman–Crippen MR) is 91.2 cm³/mol. The van der Waals surface area contributed by atoms with Crippen LogP contribution in [0, 0.1) is 6.42 Å². The summed E-state index contributed by atoms with van der Waals surface area (Å²) in [4.78, 5) is 2.48. The SMILES string of the molecule is [CH]1CCN(CCOc2ccc(Cc3ccccc3)cc2)CC1. The monoisotopic (exact) mass is 294 g/mol. The quantitative estimate of drug-likeness (QED) is 0.799. The molecule has 3 rings (SSSR count). The number of ether oxygens (including phenoxy) is 1. The van der Waals surface area contributed by atoms with Gasteiger partial charge in [-0.25, -0.2) is 0 Å². The van der Waals surface area contributed by atoms with Gasteiger partial charge >= 0.3 is 0 Å². The van der Waals surface area contributed by atoms with Gasteiger partial charge in [0.05, 0.1) is 0 Å². The molecule has 1 fully saturated rings. The first kappa shape index (κ1) is 15.1. The molecule has 2 aromatic carbocycles. The Bertz CT molecular complexity index is 544. The molecular formula is C20H24NO. The number of benzene rings is 2. The van der Waals surface area contributed by atoms with Crippen LogP contribution < -0.4 is 4.74 Å². The highest BCUT2D eigenvalue weighted by atomic mass is 16.5. The topological polar surface area (TPSA) is 12.5 Å². The Morgan fingerprint density at radius 1 is 0.818 bits per heavy atom. The maximum Gasteiger partial charge on any atom is 0.119 e. The van der Waals surface area contributed by atoms with Gasteiger partial charge in [-0.05, 0) is 62.0 Å². The first-order valence-electron chi connectivity index (χ1n) is 8.20. The summed E-state index contributed by atoms with van der Waals surface area (Å²) in [6, 6.07) is 19.1. The van der Waals surface area contributed by atoms with Crippen molar-refractivity contribution in [3.63, 3.8) is 0 Å². The molecule has 2 heteroatoms. The van der Waals surface area contributed by atoms with Crippen LogP contribution in [0.25, 0.3) is 0 Å². The number of nitrogens with zero attached hydrogens (tertiary/aromatic N) is 1. The standard InChI is InChI=1S/C20H24NO/c1-3-7-18(8-4-1)17-19-9-11-20(12-10-19)22-16-15-21-13-5-2-6-14-21/h1-4,7-12H,5-6,13-17H2. The van der Waals surface area contributed by atoms with Crippen molar-refractivity contribution in [2.75, 3.05) is 26.2 Å². The van der Waals surface area contributed by atoms with Crippen LogP contribution in [0.4, 0.5) is 0 Å². The van der Waals surface area contributed by atoms with Crippen molar-refractivity contribution >= 4 is 0 Å². The minimum Gasteiger partial charge on any atom is -0.492 e. The van der Waals surface area contributed by atoms with E-state index in [1.165, 1.54) is 37.1 Å². The van der Waals surface area contributed by atoms with Crippen LogP contribution in [0.3, 0.4) is 0 Å². The minimum atomic E-state index is 0.776. The zero-order valence-corrected chi connectivity index (χ0v) is 13.1. The molecule has 0 aliphatic carbocycles. The fourth-order valence-electron chi connectivity index (χ4n) is 2.86. The number of likely N-dealkylation sites (tertiary alicyclic amines) is 1. The molecule has 1 aliphatic heterocycles. The van der Waals surface area contributed by atoms with Gasteiger partial charge in [0, 0.05) is 6.54 Å². The van der Waals surface area contributed by atoms with Gasteiger partial charge in [0.25, 0.3) is 0 Å². The summed E-state index contributed by atoms with van der Waals surface area (Å²) in [5, 5.41) is 0. The fourth-order valence-corrected chi connectivity index (χ4v) is 2.86. The molecule has 115 valence electrons.